The SMILES string of the molecule is O=C(O)Cc1ccc(CCN2C(=O)/C(=C/c3ccc(OCCN4CCOCC4)c(-c4ccc5ccccc5c4)c3)SC2=S)cc1. The van der Waals surface area contributed by atoms with E-state index in [9.17, 15) is 9.59 Å². The molecule has 2 heterocycles. The summed E-state index contributed by atoms with van der Waals surface area (Å²) in [5, 5.41) is 11.3. The molecule has 2 aliphatic rings. The number of hydrogen-bond acceptors (Lipinski definition) is 7. The summed E-state index contributed by atoms with van der Waals surface area (Å²) in [5.41, 5.74) is 4.68. The molecule has 9 heteroatoms. The molecule has 0 bridgehead atoms. The molecule has 0 unspecified atom stereocenters. The molecule has 0 saturated carbocycles. The quantitative estimate of drug-likeness (QED) is 0.152. The number of amides is 1. The molecule has 0 aliphatic carbocycles. The third-order valence-electron chi connectivity index (χ3n) is 8.01. The van der Waals surface area contributed by atoms with Gasteiger partial charge in [-0.05, 0) is 63.7 Å². The van der Waals surface area contributed by atoms with Crippen LogP contribution in [0.25, 0.3) is 28.0 Å². The lowest BCUT2D eigenvalue weighted by molar-refractivity contribution is -0.136. The van der Waals surface area contributed by atoms with E-state index in [1.54, 1.807) is 4.90 Å². The molecule has 0 atom stereocenters. The van der Waals surface area contributed by atoms with Gasteiger partial charge in [0.25, 0.3) is 5.91 Å². The highest BCUT2D eigenvalue weighted by Gasteiger charge is 2.31. The Morgan fingerprint density at radius 3 is 2.47 bits per heavy atom. The molecule has 0 radical (unpaired) electrons. The molecule has 2 fully saturated rings. The van der Waals surface area contributed by atoms with Gasteiger partial charge in [-0.15, -0.1) is 0 Å². The third-order valence-corrected chi connectivity index (χ3v) is 9.38. The largest absolute Gasteiger partial charge is 0.492 e. The van der Waals surface area contributed by atoms with Crippen LogP contribution in [0.4, 0.5) is 0 Å². The number of carboxylic acid groups (broad SMARTS) is 1. The van der Waals surface area contributed by atoms with Crippen molar-refractivity contribution in [2.45, 2.75) is 12.8 Å². The second-order valence-electron chi connectivity index (χ2n) is 11.1. The second kappa shape index (κ2) is 14.4. The van der Waals surface area contributed by atoms with Gasteiger partial charge in [-0.2, -0.15) is 0 Å². The van der Waals surface area contributed by atoms with Crippen LogP contribution in [-0.2, 0) is 27.2 Å². The molecule has 0 spiro atoms. The molecular weight excluding hydrogens is 605 g/mol. The monoisotopic (exact) mass is 638 g/mol. The van der Waals surface area contributed by atoms with Crippen LogP contribution < -0.4 is 4.74 Å². The van der Waals surface area contributed by atoms with Crippen molar-refractivity contribution in [2.24, 2.45) is 0 Å². The first-order chi connectivity index (χ1) is 21.9. The van der Waals surface area contributed by atoms with Gasteiger partial charge in [-0.1, -0.05) is 90.7 Å². The Morgan fingerprint density at radius 1 is 0.933 bits per heavy atom. The highest BCUT2D eigenvalue weighted by atomic mass is 32.2. The number of benzene rings is 4. The number of fused-ring (bicyclic) bond motifs is 1. The smallest absolute Gasteiger partial charge is 0.307 e. The number of thiocarbonyl (C=S) groups is 1. The molecule has 7 nitrogen and oxygen atoms in total. The maximum atomic E-state index is 13.4. The summed E-state index contributed by atoms with van der Waals surface area (Å²) in [4.78, 5) is 29.0. The summed E-state index contributed by atoms with van der Waals surface area (Å²) in [6.07, 6.45) is 2.52. The van der Waals surface area contributed by atoms with Crippen molar-refractivity contribution in [3.63, 3.8) is 0 Å². The van der Waals surface area contributed by atoms with Crippen LogP contribution in [0.15, 0.2) is 89.8 Å². The number of thioether (sulfide) groups is 1. The van der Waals surface area contributed by atoms with E-state index in [-0.39, 0.29) is 12.3 Å². The molecule has 2 aliphatic heterocycles. The Balaban J connectivity index is 1.20. The Hall–Kier alpha value is -4.02. The van der Waals surface area contributed by atoms with E-state index < -0.39 is 5.97 Å². The Morgan fingerprint density at radius 2 is 1.69 bits per heavy atom. The number of morpholine rings is 1. The van der Waals surface area contributed by atoms with Gasteiger partial charge in [-0.3, -0.25) is 19.4 Å². The first-order valence-electron chi connectivity index (χ1n) is 15.0. The molecule has 1 amide bonds. The lowest BCUT2D eigenvalue weighted by Crippen LogP contribution is -2.38. The van der Waals surface area contributed by atoms with Crippen LogP contribution >= 0.6 is 24.0 Å². The summed E-state index contributed by atoms with van der Waals surface area (Å²) in [6, 6.07) is 28.2. The van der Waals surface area contributed by atoms with Crippen LogP contribution in [0.1, 0.15) is 16.7 Å². The van der Waals surface area contributed by atoms with Gasteiger partial charge in [0, 0.05) is 31.7 Å². The average molecular weight is 639 g/mol. The fraction of sp³-hybridized carbons (Fsp3) is 0.250. The summed E-state index contributed by atoms with van der Waals surface area (Å²) < 4.78 is 12.4. The van der Waals surface area contributed by atoms with Crippen molar-refractivity contribution < 1.29 is 24.2 Å². The molecule has 2 saturated heterocycles. The van der Waals surface area contributed by atoms with Crippen molar-refractivity contribution in [3.8, 4) is 16.9 Å². The number of rotatable bonds is 11. The second-order valence-corrected chi connectivity index (χ2v) is 12.8. The van der Waals surface area contributed by atoms with Gasteiger partial charge in [-0.25, -0.2) is 0 Å². The Labute approximate surface area is 272 Å². The van der Waals surface area contributed by atoms with Crippen molar-refractivity contribution >= 4 is 57.0 Å². The molecule has 4 aromatic rings. The molecule has 4 aromatic carbocycles. The van der Waals surface area contributed by atoms with E-state index in [0.717, 1.165) is 71.8 Å². The topological polar surface area (TPSA) is 79.3 Å². The van der Waals surface area contributed by atoms with Crippen molar-refractivity contribution in [1.82, 2.24) is 9.80 Å². The summed E-state index contributed by atoms with van der Waals surface area (Å²) in [7, 11) is 0. The highest BCUT2D eigenvalue weighted by Crippen LogP contribution is 2.36. The normalized spacial score (nSPS) is 16.5. The molecule has 1 N–H and O–H groups in total. The highest BCUT2D eigenvalue weighted by molar-refractivity contribution is 8.26. The zero-order chi connectivity index (χ0) is 31.2. The number of carbonyl (C=O) groups excluding carboxylic acids is 1. The Kier molecular flexibility index (Phi) is 9.91. The summed E-state index contributed by atoms with van der Waals surface area (Å²) >= 11 is 6.91. The van der Waals surface area contributed by atoms with Gasteiger partial charge in [0.05, 0.1) is 24.5 Å². The van der Waals surface area contributed by atoms with Crippen LogP contribution in [0.5, 0.6) is 5.75 Å². The Bertz CT molecular complexity index is 1750. The number of ether oxygens (including phenoxy) is 2. The number of aliphatic carboxylic acids is 1. The molecule has 0 aromatic heterocycles. The predicted octanol–water partition coefficient (Wildman–Crippen LogP) is 6.29. The lowest BCUT2D eigenvalue weighted by atomic mass is 9.98. The summed E-state index contributed by atoms with van der Waals surface area (Å²) in [5.74, 6) is -0.161. The maximum Gasteiger partial charge on any atom is 0.307 e. The zero-order valence-electron chi connectivity index (χ0n) is 24.8. The summed E-state index contributed by atoms with van der Waals surface area (Å²) in [6.45, 7) is 5.20. The van der Waals surface area contributed by atoms with Crippen molar-refractivity contribution in [3.05, 3.63) is 107 Å². The van der Waals surface area contributed by atoms with Gasteiger partial charge in [0.15, 0.2) is 0 Å². The lowest BCUT2D eigenvalue weighted by Gasteiger charge is -2.26. The van der Waals surface area contributed by atoms with Gasteiger partial charge in [0.2, 0.25) is 0 Å². The van der Waals surface area contributed by atoms with E-state index in [4.69, 9.17) is 26.8 Å². The van der Waals surface area contributed by atoms with Crippen LogP contribution in [0.3, 0.4) is 0 Å². The van der Waals surface area contributed by atoms with Crippen LogP contribution in [0, 0.1) is 0 Å². The first-order valence-corrected chi connectivity index (χ1v) is 16.3. The van der Waals surface area contributed by atoms with Gasteiger partial charge in [0.1, 0.15) is 16.7 Å². The van der Waals surface area contributed by atoms with Gasteiger partial charge < -0.3 is 14.6 Å². The van der Waals surface area contributed by atoms with E-state index in [1.165, 1.54) is 17.1 Å². The average Bonchev–Trinajstić information content (AvgIpc) is 3.32. The number of hydrogen-bond donors (Lipinski definition) is 1. The van der Waals surface area contributed by atoms with Crippen LogP contribution in [0.2, 0.25) is 0 Å². The minimum absolute atomic E-state index is 0.0100. The van der Waals surface area contributed by atoms with E-state index in [2.05, 4.69) is 41.3 Å². The third kappa shape index (κ3) is 7.80. The van der Waals surface area contributed by atoms with Gasteiger partial charge >= 0.3 is 5.97 Å². The first kappa shape index (κ1) is 31.0. The number of nitrogens with zero attached hydrogens (tertiary/aromatic N) is 2. The predicted molar refractivity (Wildman–Crippen MR) is 184 cm³/mol. The fourth-order valence-electron chi connectivity index (χ4n) is 5.54. The standard InChI is InChI=1S/C36H34N2O5S2/c39-34(40)23-26-7-5-25(6-8-26)13-14-38-35(41)33(45-36(38)44)22-27-9-12-32(43-20-17-37-15-18-42-19-16-37)31(21-27)30-11-10-28-3-1-2-4-29(28)24-30/h1-12,21-22,24H,13-20,23H2,(H,39,40)/b33-22-. The fourth-order valence-corrected chi connectivity index (χ4v) is 6.85. The number of carboxylic acids is 1. The zero-order valence-corrected chi connectivity index (χ0v) is 26.4. The van der Waals surface area contributed by atoms with E-state index >= 15 is 0 Å². The number of carbonyl (C=O) groups is 2. The van der Waals surface area contributed by atoms with Crippen molar-refractivity contribution in [2.75, 3.05) is 46.0 Å². The van der Waals surface area contributed by atoms with E-state index in [1.807, 2.05) is 54.6 Å². The minimum Gasteiger partial charge on any atom is -0.492 e. The van der Waals surface area contributed by atoms with E-state index in [0.29, 0.717) is 28.8 Å². The van der Waals surface area contributed by atoms with Crippen LogP contribution in [-0.4, -0.2) is 77.1 Å². The molecule has 45 heavy (non-hydrogen) atoms. The minimum atomic E-state index is -0.859. The maximum absolute atomic E-state index is 13.4. The molecule has 230 valence electrons. The van der Waals surface area contributed by atoms with Crippen molar-refractivity contribution in [1.29, 1.82) is 0 Å². The molecular formula is C36H34N2O5S2. The molecule has 6 rings (SSSR count).